The van der Waals surface area contributed by atoms with Crippen LogP contribution in [-0.2, 0) is 4.74 Å². The average Bonchev–Trinajstić information content (AvgIpc) is 2.96. The number of nitrogens with zero attached hydrogens (tertiary/aromatic N) is 1. The van der Waals surface area contributed by atoms with Crippen molar-refractivity contribution in [2.45, 2.75) is 76.5 Å². The Labute approximate surface area is 124 Å². The molecule has 116 valence electrons. The second-order valence-corrected chi connectivity index (χ2v) is 7.18. The van der Waals surface area contributed by atoms with Gasteiger partial charge in [-0.1, -0.05) is 26.2 Å². The molecule has 0 bridgehead atoms. The van der Waals surface area contributed by atoms with Gasteiger partial charge in [0.2, 0.25) is 0 Å². The summed E-state index contributed by atoms with van der Waals surface area (Å²) in [6, 6.07) is 1.43. The lowest BCUT2D eigenvalue weighted by atomic mass is 9.75. The van der Waals surface area contributed by atoms with E-state index in [-0.39, 0.29) is 0 Å². The second-order valence-electron chi connectivity index (χ2n) is 7.18. The molecule has 5 atom stereocenters. The van der Waals surface area contributed by atoms with E-state index in [9.17, 15) is 0 Å². The third kappa shape index (κ3) is 2.90. The summed E-state index contributed by atoms with van der Waals surface area (Å²) in [5, 5.41) is 0. The van der Waals surface area contributed by atoms with Gasteiger partial charge in [0.1, 0.15) is 0 Å². The number of rotatable bonds is 4. The van der Waals surface area contributed by atoms with Crippen molar-refractivity contribution >= 4 is 0 Å². The lowest BCUT2D eigenvalue weighted by Crippen LogP contribution is -2.57. The first kappa shape index (κ1) is 14.8. The predicted octanol–water partition coefficient (Wildman–Crippen LogP) is 2.78. The maximum absolute atomic E-state index is 6.10. The molecule has 0 aromatic rings. The Morgan fingerprint density at radius 1 is 1.15 bits per heavy atom. The first-order valence-electron chi connectivity index (χ1n) is 8.91. The number of hydrogen-bond acceptors (Lipinski definition) is 3. The van der Waals surface area contributed by atoms with Gasteiger partial charge in [0.25, 0.3) is 0 Å². The summed E-state index contributed by atoms with van der Waals surface area (Å²) in [6.07, 6.45) is 11.4. The zero-order valence-electron chi connectivity index (χ0n) is 13.1. The maximum atomic E-state index is 6.10. The third-order valence-electron chi connectivity index (χ3n) is 6.02. The summed E-state index contributed by atoms with van der Waals surface area (Å²) in [5.41, 5.74) is 6.10. The fourth-order valence-electron chi connectivity index (χ4n) is 5.01. The van der Waals surface area contributed by atoms with Crippen LogP contribution in [0, 0.1) is 11.8 Å². The molecule has 2 saturated carbocycles. The van der Waals surface area contributed by atoms with Crippen LogP contribution < -0.4 is 5.73 Å². The summed E-state index contributed by atoms with van der Waals surface area (Å²) in [6.45, 7) is 5.28. The number of ether oxygens (including phenoxy) is 1. The minimum absolute atomic E-state index is 0.522. The molecule has 1 saturated heterocycles. The second kappa shape index (κ2) is 6.76. The summed E-state index contributed by atoms with van der Waals surface area (Å²) in [5.74, 6) is 1.66. The molecule has 0 aromatic heterocycles. The Morgan fingerprint density at radius 3 is 2.85 bits per heavy atom. The number of nitrogens with two attached hydrogens (primary N) is 1. The fraction of sp³-hybridized carbons (Fsp3) is 1.00. The van der Waals surface area contributed by atoms with E-state index in [2.05, 4.69) is 11.8 Å². The van der Waals surface area contributed by atoms with E-state index >= 15 is 0 Å². The maximum Gasteiger partial charge on any atom is 0.0731 e. The van der Waals surface area contributed by atoms with Crippen molar-refractivity contribution in [3.8, 4) is 0 Å². The van der Waals surface area contributed by atoms with E-state index in [1.54, 1.807) is 0 Å². The summed E-state index contributed by atoms with van der Waals surface area (Å²) in [7, 11) is 0. The van der Waals surface area contributed by atoms with Crippen LogP contribution in [0.4, 0.5) is 0 Å². The topological polar surface area (TPSA) is 38.5 Å². The van der Waals surface area contributed by atoms with E-state index in [1.807, 2.05) is 0 Å². The van der Waals surface area contributed by atoms with Crippen molar-refractivity contribution in [3.63, 3.8) is 0 Å². The van der Waals surface area contributed by atoms with Crippen molar-refractivity contribution in [2.75, 3.05) is 19.7 Å². The van der Waals surface area contributed by atoms with Gasteiger partial charge in [0, 0.05) is 18.6 Å². The Hall–Kier alpha value is -0.120. The number of hydrogen-bond donors (Lipinski definition) is 1. The van der Waals surface area contributed by atoms with Gasteiger partial charge in [-0.15, -0.1) is 0 Å². The molecule has 3 aliphatic rings. The highest BCUT2D eigenvalue weighted by Gasteiger charge is 2.42. The molecule has 20 heavy (non-hydrogen) atoms. The first-order valence-corrected chi connectivity index (χ1v) is 8.91. The molecular weight excluding hydrogens is 248 g/mol. The Bertz CT molecular complexity index is 309. The molecule has 3 heteroatoms. The van der Waals surface area contributed by atoms with Gasteiger partial charge in [-0.25, -0.2) is 0 Å². The van der Waals surface area contributed by atoms with Gasteiger partial charge >= 0.3 is 0 Å². The monoisotopic (exact) mass is 280 g/mol. The van der Waals surface area contributed by atoms with E-state index in [4.69, 9.17) is 10.5 Å². The van der Waals surface area contributed by atoms with E-state index in [1.165, 1.54) is 51.4 Å². The molecule has 3 nitrogen and oxygen atoms in total. The average molecular weight is 280 g/mol. The highest BCUT2D eigenvalue weighted by molar-refractivity contribution is 4.96. The lowest BCUT2D eigenvalue weighted by Gasteiger charge is -2.48. The van der Waals surface area contributed by atoms with Crippen LogP contribution in [0.5, 0.6) is 0 Å². The predicted molar refractivity (Wildman–Crippen MR) is 82.7 cm³/mol. The zero-order valence-corrected chi connectivity index (χ0v) is 13.1. The number of morpholine rings is 1. The molecule has 2 N–H and O–H groups in total. The minimum atomic E-state index is 0.522. The van der Waals surface area contributed by atoms with Gasteiger partial charge in [-0.3, -0.25) is 4.90 Å². The standard InChI is InChI=1S/C17H32N2O/c1-2-4-13-7-8-14(12-18)16(11-13)19-9-10-20-17-6-3-5-15(17)19/h13-17H,2-12,18H2,1H3. The van der Waals surface area contributed by atoms with Crippen LogP contribution in [0.3, 0.4) is 0 Å². The van der Waals surface area contributed by atoms with Crippen LogP contribution in [0.2, 0.25) is 0 Å². The molecule has 3 fully saturated rings. The van der Waals surface area contributed by atoms with Crippen molar-refractivity contribution < 1.29 is 4.74 Å². The fourth-order valence-corrected chi connectivity index (χ4v) is 5.01. The molecule has 1 heterocycles. The Morgan fingerprint density at radius 2 is 2.05 bits per heavy atom. The van der Waals surface area contributed by atoms with Crippen LogP contribution >= 0.6 is 0 Å². The van der Waals surface area contributed by atoms with Crippen LogP contribution in [0.1, 0.15) is 58.3 Å². The van der Waals surface area contributed by atoms with Crippen molar-refractivity contribution in [3.05, 3.63) is 0 Å². The molecular formula is C17H32N2O. The molecule has 5 unspecified atom stereocenters. The smallest absolute Gasteiger partial charge is 0.0731 e. The van der Waals surface area contributed by atoms with Gasteiger partial charge in [0.15, 0.2) is 0 Å². The highest BCUT2D eigenvalue weighted by atomic mass is 16.5. The van der Waals surface area contributed by atoms with Gasteiger partial charge < -0.3 is 10.5 Å². The molecule has 0 amide bonds. The van der Waals surface area contributed by atoms with E-state index in [0.29, 0.717) is 12.1 Å². The lowest BCUT2D eigenvalue weighted by molar-refractivity contribution is -0.0894. The summed E-state index contributed by atoms with van der Waals surface area (Å²) < 4.78 is 5.99. The van der Waals surface area contributed by atoms with Gasteiger partial charge in [-0.05, 0) is 50.5 Å². The highest BCUT2D eigenvalue weighted by Crippen LogP contribution is 2.39. The minimum Gasteiger partial charge on any atom is -0.375 e. The quantitative estimate of drug-likeness (QED) is 0.860. The summed E-state index contributed by atoms with van der Waals surface area (Å²) in [4.78, 5) is 2.82. The van der Waals surface area contributed by atoms with Crippen LogP contribution in [0.15, 0.2) is 0 Å². The number of fused-ring (bicyclic) bond motifs is 1. The Kier molecular flexibility index (Phi) is 5.00. The summed E-state index contributed by atoms with van der Waals surface area (Å²) >= 11 is 0. The van der Waals surface area contributed by atoms with Crippen LogP contribution in [-0.4, -0.2) is 42.8 Å². The van der Waals surface area contributed by atoms with Gasteiger partial charge in [-0.2, -0.15) is 0 Å². The molecule has 0 aromatic carbocycles. The molecule has 0 radical (unpaired) electrons. The van der Waals surface area contributed by atoms with Gasteiger partial charge in [0.05, 0.1) is 12.7 Å². The third-order valence-corrected chi connectivity index (χ3v) is 6.02. The van der Waals surface area contributed by atoms with Crippen molar-refractivity contribution in [1.29, 1.82) is 0 Å². The van der Waals surface area contributed by atoms with Crippen molar-refractivity contribution in [2.24, 2.45) is 17.6 Å². The molecule has 3 rings (SSSR count). The molecule has 2 aliphatic carbocycles. The Balaban J connectivity index is 1.70. The largest absolute Gasteiger partial charge is 0.375 e. The SMILES string of the molecule is CCCC1CCC(CN)C(N2CCOC3CCCC32)C1. The van der Waals surface area contributed by atoms with Crippen LogP contribution in [0.25, 0.3) is 0 Å². The first-order chi connectivity index (χ1) is 9.83. The molecule has 1 aliphatic heterocycles. The van der Waals surface area contributed by atoms with E-state index < -0.39 is 0 Å². The zero-order chi connectivity index (χ0) is 13.9. The van der Waals surface area contributed by atoms with Crippen molar-refractivity contribution in [1.82, 2.24) is 4.90 Å². The normalized spacial score (nSPS) is 42.6. The van der Waals surface area contributed by atoms with E-state index in [0.717, 1.165) is 37.6 Å². The molecule has 0 spiro atoms.